The summed E-state index contributed by atoms with van der Waals surface area (Å²) in [5.41, 5.74) is 3.19. The van der Waals surface area contributed by atoms with Crippen LogP contribution >= 0.6 is 0 Å². The fourth-order valence-corrected chi connectivity index (χ4v) is 2.76. The highest BCUT2D eigenvalue weighted by molar-refractivity contribution is 5.90. The van der Waals surface area contributed by atoms with Gasteiger partial charge in [0.25, 0.3) is 0 Å². The zero-order valence-corrected chi connectivity index (χ0v) is 13.2. The molecule has 1 N–H and O–H groups in total. The first-order valence-electron chi connectivity index (χ1n) is 7.80. The van der Waals surface area contributed by atoms with E-state index in [-0.39, 0.29) is 12.0 Å². The smallest absolute Gasteiger partial charge is 0.193 e. The molecule has 0 amide bonds. The van der Waals surface area contributed by atoms with Crippen LogP contribution in [0.2, 0.25) is 0 Å². The van der Waals surface area contributed by atoms with Gasteiger partial charge in [0.1, 0.15) is 11.5 Å². The minimum atomic E-state index is -0.130. The Morgan fingerprint density at radius 3 is 2.60 bits per heavy atom. The van der Waals surface area contributed by atoms with E-state index in [0.29, 0.717) is 22.4 Å². The number of rotatable bonds is 3. The summed E-state index contributed by atoms with van der Waals surface area (Å²) in [5, 5.41) is 9.83. The maximum atomic E-state index is 12.5. The first-order chi connectivity index (χ1) is 12.3. The summed E-state index contributed by atoms with van der Waals surface area (Å²) >= 11 is 0. The van der Waals surface area contributed by atoms with Gasteiger partial charge in [0.2, 0.25) is 0 Å². The molecule has 1 aromatic carbocycles. The molecule has 0 aliphatic carbocycles. The van der Waals surface area contributed by atoms with Gasteiger partial charge in [-0.15, -0.1) is 0 Å². The molecule has 0 radical (unpaired) electrons. The van der Waals surface area contributed by atoms with Crippen LogP contribution in [0.1, 0.15) is 5.56 Å². The first kappa shape index (κ1) is 15.2. The van der Waals surface area contributed by atoms with Gasteiger partial charge in [0, 0.05) is 35.8 Å². The van der Waals surface area contributed by atoms with Gasteiger partial charge in [-0.1, -0.05) is 18.2 Å². The van der Waals surface area contributed by atoms with Gasteiger partial charge in [-0.2, -0.15) is 0 Å². The second-order valence-electron chi connectivity index (χ2n) is 5.61. The molecule has 4 rings (SSSR count). The molecule has 4 aromatic rings. The quantitative estimate of drug-likeness (QED) is 0.623. The van der Waals surface area contributed by atoms with Crippen LogP contribution in [0, 0.1) is 0 Å². The van der Waals surface area contributed by atoms with Gasteiger partial charge >= 0.3 is 0 Å². The lowest BCUT2D eigenvalue weighted by molar-refractivity contribution is 0.282. The molecule has 5 nitrogen and oxygen atoms in total. The predicted molar refractivity (Wildman–Crippen MR) is 94.9 cm³/mol. The highest BCUT2D eigenvalue weighted by atomic mass is 16.3. The lowest BCUT2D eigenvalue weighted by Crippen LogP contribution is -2.02. The number of fused-ring (bicyclic) bond motifs is 1. The maximum Gasteiger partial charge on any atom is 0.193 e. The van der Waals surface area contributed by atoms with Gasteiger partial charge in [-0.05, 0) is 29.8 Å². The standard InChI is InChI=1S/C20H14N2O3/c23-12-13-2-1-3-15(10-13)19-20-16(6-9-22-19)17(24)11-18(25-20)14-4-7-21-8-5-14/h1-11,23H,12H2. The molecule has 5 heteroatoms. The van der Waals surface area contributed by atoms with Gasteiger partial charge in [-0.25, -0.2) is 0 Å². The van der Waals surface area contributed by atoms with Crippen molar-refractivity contribution >= 4 is 11.0 Å². The second kappa shape index (κ2) is 6.30. The highest BCUT2D eigenvalue weighted by Crippen LogP contribution is 2.29. The molecule has 0 saturated carbocycles. The summed E-state index contributed by atoms with van der Waals surface area (Å²) in [4.78, 5) is 20.9. The zero-order valence-electron chi connectivity index (χ0n) is 13.2. The van der Waals surface area contributed by atoms with Crippen molar-refractivity contribution in [3.8, 4) is 22.6 Å². The molecule has 0 unspecified atom stereocenters. The number of hydrogen-bond acceptors (Lipinski definition) is 5. The average molecular weight is 330 g/mol. The third-order valence-corrected chi connectivity index (χ3v) is 3.99. The number of aromatic nitrogens is 2. The fraction of sp³-hybridized carbons (Fsp3) is 0.0500. The van der Waals surface area contributed by atoms with E-state index in [2.05, 4.69) is 9.97 Å². The zero-order chi connectivity index (χ0) is 17.2. The van der Waals surface area contributed by atoms with Crippen LogP contribution in [0.3, 0.4) is 0 Å². The van der Waals surface area contributed by atoms with Gasteiger partial charge in [-0.3, -0.25) is 14.8 Å². The Balaban J connectivity index is 1.99. The van der Waals surface area contributed by atoms with E-state index in [1.807, 2.05) is 24.3 Å². The molecule has 0 aliphatic rings. The third kappa shape index (κ3) is 2.81. The van der Waals surface area contributed by atoms with Crippen LogP contribution in [0.15, 0.2) is 76.3 Å². The minimum absolute atomic E-state index is 0.0647. The number of aliphatic hydroxyl groups excluding tert-OH is 1. The number of nitrogens with zero attached hydrogens (tertiary/aromatic N) is 2. The van der Waals surface area contributed by atoms with Crippen molar-refractivity contribution in [3.63, 3.8) is 0 Å². The monoisotopic (exact) mass is 330 g/mol. The normalized spacial score (nSPS) is 10.9. The van der Waals surface area contributed by atoms with E-state index in [9.17, 15) is 9.90 Å². The van der Waals surface area contributed by atoms with Gasteiger partial charge < -0.3 is 9.52 Å². The Morgan fingerprint density at radius 1 is 0.960 bits per heavy atom. The first-order valence-corrected chi connectivity index (χ1v) is 7.80. The maximum absolute atomic E-state index is 12.5. The molecule has 25 heavy (non-hydrogen) atoms. The second-order valence-corrected chi connectivity index (χ2v) is 5.61. The molecular formula is C20H14N2O3. The van der Waals surface area contributed by atoms with Crippen molar-refractivity contribution in [1.82, 2.24) is 9.97 Å². The lowest BCUT2D eigenvalue weighted by Gasteiger charge is -2.08. The molecule has 3 aromatic heterocycles. The number of pyridine rings is 2. The van der Waals surface area contributed by atoms with Crippen molar-refractivity contribution in [1.29, 1.82) is 0 Å². The van der Waals surface area contributed by atoms with Crippen LogP contribution in [0.5, 0.6) is 0 Å². The molecule has 0 aliphatic heterocycles. The molecular weight excluding hydrogens is 316 g/mol. The Kier molecular flexibility index (Phi) is 3.84. The molecule has 0 fully saturated rings. The molecule has 0 spiro atoms. The summed E-state index contributed by atoms with van der Waals surface area (Å²) in [5.74, 6) is 0.465. The van der Waals surface area contributed by atoms with E-state index in [4.69, 9.17) is 4.42 Å². The summed E-state index contributed by atoms with van der Waals surface area (Å²) in [6, 6.07) is 14.1. The van der Waals surface area contributed by atoms with Gasteiger partial charge in [0.05, 0.1) is 12.0 Å². The van der Waals surface area contributed by atoms with Crippen LogP contribution in [-0.2, 0) is 6.61 Å². The average Bonchev–Trinajstić information content (AvgIpc) is 2.68. The third-order valence-electron chi connectivity index (χ3n) is 3.99. The van der Waals surface area contributed by atoms with E-state index < -0.39 is 0 Å². The Morgan fingerprint density at radius 2 is 1.80 bits per heavy atom. The van der Waals surface area contributed by atoms with Crippen molar-refractivity contribution in [2.75, 3.05) is 0 Å². The molecule has 3 heterocycles. The molecule has 0 bridgehead atoms. The summed E-state index contributed by atoms with van der Waals surface area (Å²) in [7, 11) is 0. The fourth-order valence-electron chi connectivity index (χ4n) is 2.76. The minimum Gasteiger partial charge on any atom is -0.454 e. The van der Waals surface area contributed by atoms with Gasteiger partial charge in [0.15, 0.2) is 11.0 Å². The number of hydrogen-bond donors (Lipinski definition) is 1. The van der Waals surface area contributed by atoms with Crippen molar-refractivity contribution < 1.29 is 9.52 Å². The molecule has 0 saturated heterocycles. The highest BCUT2D eigenvalue weighted by Gasteiger charge is 2.13. The van der Waals surface area contributed by atoms with E-state index in [0.717, 1.165) is 16.7 Å². The van der Waals surface area contributed by atoms with E-state index in [1.54, 1.807) is 36.8 Å². The SMILES string of the molecule is O=c1cc(-c2ccncc2)oc2c(-c3cccc(CO)c3)nccc12. The Bertz CT molecular complexity index is 1100. The number of benzene rings is 1. The van der Waals surface area contributed by atoms with Crippen LogP contribution < -0.4 is 5.43 Å². The Hall–Kier alpha value is -3.31. The molecule has 122 valence electrons. The van der Waals surface area contributed by atoms with Crippen LogP contribution in [0.4, 0.5) is 0 Å². The van der Waals surface area contributed by atoms with E-state index >= 15 is 0 Å². The van der Waals surface area contributed by atoms with Crippen LogP contribution in [-0.4, -0.2) is 15.1 Å². The van der Waals surface area contributed by atoms with E-state index in [1.165, 1.54) is 6.07 Å². The Labute approximate surface area is 143 Å². The lowest BCUT2D eigenvalue weighted by atomic mass is 10.1. The predicted octanol–water partition coefficient (Wildman–Crippen LogP) is 3.41. The largest absolute Gasteiger partial charge is 0.454 e. The van der Waals surface area contributed by atoms with Crippen molar-refractivity contribution in [3.05, 3.63) is 82.9 Å². The summed E-state index contributed by atoms with van der Waals surface area (Å²) in [6.45, 7) is -0.0647. The summed E-state index contributed by atoms with van der Waals surface area (Å²) in [6.07, 6.45) is 4.88. The number of aliphatic hydroxyl groups is 1. The van der Waals surface area contributed by atoms with Crippen LogP contribution in [0.25, 0.3) is 33.6 Å². The topological polar surface area (TPSA) is 76.2 Å². The molecule has 0 atom stereocenters. The van der Waals surface area contributed by atoms with Crippen molar-refractivity contribution in [2.45, 2.75) is 6.61 Å². The van der Waals surface area contributed by atoms with Crippen molar-refractivity contribution in [2.24, 2.45) is 0 Å². The summed E-state index contributed by atoms with van der Waals surface area (Å²) < 4.78 is 6.03.